The molecule has 5 rings (SSSR count). The number of piperidine rings is 1. The van der Waals surface area contributed by atoms with Gasteiger partial charge in [-0.05, 0) is 63.5 Å². The molecule has 7 heteroatoms. The molecule has 0 radical (unpaired) electrons. The second-order valence-corrected chi connectivity index (χ2v) is 9.84. The maximum absolute atomic E-state index is 13.8. The van der Waals surface area contributed by atoms with Crippen molar-refractivity contribution in [3.05, 3.63) is 29.5 Å². The number of aliphatic hydroxyl groups is 1. The van der Waals surface area contributed by atoms with Crippen molar-refractivity contribution in [3.8, 4) is 5.75 Å². The monoisotopic (exact) mass is 441 g/mol. The first-order valence-corrected chi connectivity index (χ1v) is 11.8. The predicted molar refractivity (Wildman–Crippen MR) is 123 cm³/mol. The number of fused-ring (bicyclic) bond motifs is 4. The van der Waals surface area contributed by atoms with Gasteiger partial charge < -0.3 is 28.9 Å². The van der Waals surface area contributed by atoms with E-state index in [9.17, 15) is 9.90 Å². The predicted octanol–water partition coefficient (Wildman–Crippen LogP) is 2.45. The molecule has 1 N–H and O–H groups in total. The first kappa shape index (κ1) is 21.7. The van der Waals surface area contributed by atoms with Gasteiger partial charge in [-0.2, -0.15) is 0 Å². The van der Waals surface area contributed by atoms with Crippen LogP contribution in [-0.2, 0) is 22.0 Å². The summed E-state index contributed by atoms with van der Waals surface area (Å²) >= 11 is 0. The summed E-state index contributed by atoms with van der Waals surface area (Å²) in [5.41, 5.74) is 3.43. The van der Waals surface area contributed by atoms with Gasteiger partial charge in [0.2, 0.25) is 5.91 Å². The molecular weight excluding hydrogens is 406 g/mol. The molecule has 1 amide bonds. The Morgan fingerprint density at radius 2 is 1.94 bits per heavy atom. The molecule has 2 saturated heterocycles. The van der Waals surface area contributed by atoms with E-state index in [2.05, 4.69) is 35.7 Å². The Morgan fingerprint density at radius 1 is 1.22 bits per heavy atom. The van der Waals surface area contributed by atoms with E-state index in [4.69, 9.17) is 9.47 Å². The van der Waals surface area contributed by atoms with Crippen LogP contribution in [0.15, 0.2) is 18.2 Å². The number of amides is 1. The lowest BCUT2D eigenvalue weighted by molar-refractivity contribution is -0.145. The minimum Gasteiger partial charge on any atom is -0.497 e. The zero-order valence-corrected chi connectivity index (χ0v) is 19.5. The largest absolute Gasteiger partial charge is 0.497 e. The standard InChI is InChI=1S/C25H35N3O4/c1-26-10-8-25(9-11-26)16-28(24(30)17-6-12-32-13-7-17)21(15-29)23-22(25)19-5-4-18(31-3)14-20(19)27(23)2/h4-5,14,17,21,29H,6-13,15-16H2,1-3H3/t21-/m1/s1. The molecule has 2 aromatic rings. The summed E-state index contributed by atoms with van der Waals surface area (Å²) in [7, 11) is 5.92. The van der Waals surface area contributed by atoms with Gasteiger partial charge in [0.1, 0.15) is 5.75 Å². The molecule has 0 aliphatic carbocycles. The van der Waals surface area contributed by atoms with E-state index >= 15 is 0 Å². The van der Waals surface area contributed by atoms with Gasteiger partial charge >= 0.3 is 0 Å². The Morgan fingerprint density at radius 3 is 2.59 bits per heavy atom. The third-order valence-corrected chi connectivity index (χ3v) is 8.12. The highest BCUT2D eigenvalue weighted by atomic mass is 16.5. The quantitative estimate of drug-likeness (QED) is 0.793. The summed E-state index contributed by atoms with van der Waals surface area (Å²) in [4.78, 5) is 18.2. The molecule has 0 bridgehead atoms. The SMILES string of the molecule is COc1ccc2c3c(n(C)c2c1)[C@@H](CO)N(C(=O)C1CCOCC1)CC31CCN(C)CC1. The summed E-state index contributed by atoms with van der Waals surface area (Å²) in [5.74, 6) is 0.986. The number of methoxy groups -OCH3 is 1. The number of carbonyl (C=O) groups excluding carboxylic acids is 1. The number of aryl methyl sites for hydroxylation is 1. The van der Waals surface area contributed by atoms with Crippen LogP contribution in [0.3, 0.4) is 0 Å². The Balaban J connectivity index is 1.67. The van der Waals surface area contributed by atoms with Crippen molar-refractivity contribution in [1.29, 1.82) is 0 Å². The van der Waals surface area contributed by atoms with E-state index in [1.807, 2.05) is 11.0 Å². The molecule has 0 unspecified atom stereocenters. The topological polar surface area (TPSA) is 67.2 Å². The molecule has 2 fully saturated rings. The fraction of sp³-hybridized carbons (Fsp3) is 0.640. The van der Waals surface area contributed by atoms with Gasteiger partial charge in [-0.1, -0.05) is 0 Å². The van der Waals surface area contributed by atoms with Gasteiger partial charge in [0.25, 0.3) is 0 Å². The third kappa shape index (κ3) is 3.33. The number of likely N-dealkylation sites (tertiary alicyclic amines) is 1. The molecule has 3 aliphatic heterocycles. The van der Waals surface area contributed by atoms with Gasteiger partial charge in [-0.25, -0.2) is 0 Å². The van der Waals surface area contributed by atoms with E-state index < -0.39 is 0 Å². The van der Waals surface area contributed by atoms with Crippen molar-refractivity contribution in [2.45, 2.75) is 37.1 Å². The molecule has 1 aromatic heterocycles. The smallest absolute Gasteiger partial charge is 0.226 e. The molecule has 32 heavy (non-hydrogen) atoms. The maximum atomic E-state index is 13.8. The maximum Gasteiger partial charge on any atom is 0.226 e. The number of nitrogens with zero attached hydrogens (tertiary/aromatic N) is 3. The average Bonchev–Trinajstić information content (AvgIpc) is 3.13. The minimum atomic E-state index is -0.325. The van der Waals surface area contributed by atoms with Crippen molar-refractivity contribution in [2.75, 3.05) is 53.6 Å². The summed E-state index contributed by atoms with van der Waals surface area (Å²) in [5, 5.41) is 11.8. The molecule has 1 aromatic carbocycles. The normalized spacial score (nSPS) is 24.1. The first-order valence-electron chi connectivity index (χ1n) is 11.8. The van der Waals surface area contributed by atoms with Gasteiger partial charge in [0, 0.05) is 55.3 Å². The molecule has 3 aliphatic rings. The van der Waals surface area contributed by atoms with Crippen LogP contribution in [0.2, 0.25) is 0 Å². The number of aliphatic hydroxyl groups excluding tert-OH is 1. The molecule has 1 spiro atoms. The highest BCUT2D eigenvalue weighted by Gasteiger charge is 2.49. The summed E-state index contributed by atoms with van der Waals surface area (Å²) in [6, 6.07) is 5.94. The Kier molecular flexibility index (Phi) is 5.68. The average molecular weight is 442 g/mol. The third-order valence-electron chi connectivity index (χ3n) is 8.12. The van der Waals surface area contributed by atoms with Crippen LogP contribution in [-0.4, -0.2) is 79.0 Å². The highest BCUT2D eigenvalue weighted by Crippen LogP contribution is 2.50. The number of aromatic nitrogens is 1. The number of hydrogen-bond donors (Lipinski definition) is 1. The fourth-order valence-corrected chi connectivity index (χ4v) is 6.22. The van der Waals surface area contributed by atoms with E-state index in [0.29, 0.717) is 19.8 Å². The van der Waals surface area contributed by atoms with E-state index in [1.54, 1.807) is 7.11 Å². The number of rotatable bonds is 3. The first-order chi connectivity index (χ1) is 15.5. The van der Waals surface area contributed by atoms with Crippen molar-refractivity contribution in [2.24, 2.45) is 13.0 Å². The van der Waals surface area contributed by atoms with Crippen LogP contribution in [0.5, 0.6) is 5.75 Å². The van der Waals surface area contributed by atoms with E-state index in [0.717, 1.165) is 55.7 Å². The van der Waals surface area contributed by atoms with Crippen molar-refractivity contribution in [3.63, 3.8) is 0 Å². The number of carbonyl (C=O) groups is 1. The second-order valence-electron chi connectivity index (χ2n) is 9.84. The summed E-state index contributed by atoms with van der Waals surface area (Å²) < 4.78 is 13.2. The van der Waals surface area contributed by atoms with Gasteiger partial charge in [-0.3, -0.25) is 4.79 Å². The molecule has 1 atom stereocenters. The van der Waals surface area contributed by atoms with Crippen LogP contribution in [0.25, 0.3) is 10.9 Å². The zero-order chi connectivity index (χ0) is 22.5. The zero-order valence-electron chi connectivity index (χ0n) is 19.5. The second kappa shape index (κ2) is 8.36. The number of ether oxygens (including phenoxy) is 2. The lowest BCUT2D eigenvalue weighted by atomic mass is 9.68. The molecule has 0 saturated carbocycles. The van der Waals surface area contributed by atoms with E-state index in [1.165, 1.54) is 10.9 Å². The highest BCUT2D eigenvalue weighted by molar-refractivity contribution is 5.90. The van der Waals surface area contributed by atoms with Gasteiger partial charge in [-0.15, -0.1) is 0 Å². The summed E-state index contributed by atoms with van der Waals surface area (Å²) in [6.07, 6.45) is 3.56. The molecular formula is C25H35N3O4. The number of hydrogen-bond acceptors (Lipinski definition) is 5. The van der Waals surface area contributed by atoms with Crippen LogP contribution >= 0.6 is 0 Å². The minimum absolute atomic E-state index is 0.0163. The molecule has 7 nitrogen and oxygen atoms in total. The van der Waals surface area contributed by atoms with Gasteiger partial charge in [0.05, 0.1) is 25.3 Å². The van der Waals surface area contributed by atoms with Crippen LogP contribution in [0.1, 0.15) is 43.0 Å². The van der Waals surface area contributed by atoms with Crippen LogP contribution in [0, 0.1) is 5.92 Å². The molecule has 4 heterocycles. The van der Waals surface area contributed by atoms with E-state index in [-0.39, 0.29) is 29.9 Å². The van der Waals surface area contributed by atoms with Crippen LogP contribution in [0.4, 0.5) is 0 Å². The lowest BCUT2D eigenvalue weighted by Crippen LogP contribution is -2.56. The summed E-state index contributed by atoms with van der Waals surface area (Å²) in [6.45, 7) is 3.91. The van der Waals surface area contributed by atoms with Gasteiger partial charge in [0.15, 0.2) is 0 Å². The van der Waals surface area contributed by atoms with Crippen molar-refractivity contribution in [1.82, 2.24) is 14.4 Å². The number of benzene rings is 1. The molecule has 174 valence electrons. The Labute approximate surface area is 189 Å². The van der Waals surface area contributed by atoms with Crippen molar-refractivity contribution >= 4 is 16.8 Å². The Bertz CT molecular complexity index is 1000. The Hall–Kier alpha value is -2.09. The fourth-order valence-electron chi connectivity index (χ4n) is 6.22. The lowest BCUT2D eigenvalue weighted by Gasteiger charge is -2.51. The van der Waals surface area contributed by atoms with Crippen molar-refractivity contribution < 1.29 is 19.4 Å². The van der Waals surface area contributed by atoms with Crippen LogP contribution < -0.4 is 4.74 Å².